The lowest BCUT2D eigenvalue weighted by Gasteiger charge is -2.28. The van der Waals surface area contributed by atoms with E-state index in [2.05, 4.69) is 43.0 Å². The normalized spacial score (nSPS) is 14.3. The molecule has 0 aromatic heterocycles. The predicted octanol–water partition coefficient (Wildman–Crippen LogP) is 2.62. The second-order valence-electron chi connectivity index (χ2n) is 4.96. The van der Waals surface area contributed by atoms with Crippen LogP contribution in [0.15, 0.2) is 24.3 Å². The zero-order chi connectivity index (χ0) is 13.7. The third-order valence-corrected chi connectivity index (χ3v) is 3.51. The van der Waals surface area contributed by atoms with Gasteiger partial charge in [0.25, 0.3) is 0 Å². The molecular formula is C15H23NO2. The Morgan fingerprint density at radius 1 is 1.39 bits per heavy atom. The van der Waals surface area contributed by atoms with Crippen molar-refractivity contribution in [3.8, 4) is 0 Å². The van der Waals surface area contributed by atoms with Crippen molar-refractivity contribution in [3.63, 3.8) is 0 Å². The van der Waals surface area contributed by atoms with Crippen LogP contribution in [0.25, 0.3) is 0 Å². The molecule has 0 spiro atoms. The van der Waals surface area contributed by atoms with Gasteiger partial charge in [-0.25, -0.2) is 0 Å². The van der Waals surface area contributed by atoms with Crippen molar-refractivity contribution >= 4 is 5.97 Å². The number of benzene rings is 1. The van der Waals surface area contributed by atoms with Crippen LogP contribution in [0, 0.1) is 12.8 Å². The second kappa shape index (κ2) is 6.55. The average Bonchev–Trinajstić information content (AvgIpc) is 2.36. The van der Waals surface area contributed by atoms with E-state index in [1.165, 1.54) is 18.2 Å². The van der Waals surface area contributed by atoms with Gasteiger partial charge in [-0.05, 0) is 26.5 Å². The number of rotatable bonds is 5. The Kier molecular flexibility index (Phi) is 5.35. The van der Waals surface area contributed by atoms with Crippen molar-refractivity contribution in [3.05, 3.63) is 35.4 Å². The summed E-state index contributed by atoms with van der Waals surface area (Å²) in [4.78, 5) is 13.7. The SMILES string of the molecule is COC(=O)C(C)C(C)N(C)Cc1cccc(C)c1. The van der Waals surface area contributed by atoms with Crippen LogP contribution >= 0.6 is 0 Å². The molecule has 3 heteroatoms. The maximum atomic E-state index is 11.5. The van der Waals surface area contributed by atoms with Crippen molar-refractivity contribution in [1.82, 2.24) is 4.90 Å². The zero-order valence-electron chi connectivity index (χ0n) is 11.9. The summed E-state index contributed by atoms with van der Waals surface area (Å²) in [6.07, 6.45) is 0. The fourth-order valence-electron chi connectivity index (χ4n) is 2.01. The lowest BCUT2D eigenvalue weighted by Crippen LogP contribution is -2.38. The smallest absolute Gasteiger partial charge is 0.309 e. The number of carbonyl (C=O) groups is 1. The Morgan fingerprint density at radius 2 is 2.06 bits per heavy atom. The molecule has 0 aliphatic heterocycles. The first-order valence-corrected chi connectivity index (χ1v) is 6.29. The number of hydrogen-bond donors (Lipinski definition) is 0. The van der Waals surface area contributed by atoms with Crippen LogP contribution in [0.2, 0.25) is 0 Å². The monoisotopic (exact) mass is 249 g/mol. The molecule has 0 heterocycles. The quantitative estimate of drug-likeness (QED) is 0.751. The largest absolute Gasteiger partial charge is 0.469 e. The first kappa shape index (κ1) is 14.7. The molecule has 0 saturated heterocycles. The fourth-order valence-corrected chi connectivity index (χ4v) is 2.01. The van der Waals surface area contributed by atoms with Gasteiger partial charge in [-0.3, -0.25) is 9.69 Å². The number of hydrogen-bond acceptors (Lipinski definition) is 3. The highest BCUT2D eigenvalue weighted by molar-refractivity contribution is 5.72. The summed E-state index contributed by atoms with van der Waals surface area (Å²) in [5, 5.41) is 0. The van der Waals surface area contributed by atoms with Gasteiger partial charge in [0, 0.05) is 12.6 Å². The molecule has 0 amide bonds. The summed E-state index contributed by atoms with van der Waals surface area (Å²) in [5.41, 5.74) is 2.52. The number of aryl methyl sites for hydroxylation is 1. The molecule has 1 aromatic carbocycles. The molecular weight excluding hydrogens is 226 g/mol. The second-order valence-corrected chi connectivity index (χ2v) is 4.96. The molecule has 3 nitrogen and oxygen atoms in total. The van der Waals surface area contributed by atoms with Crippen LogP contribution in [-0.4, -0.2) is 31.1 Å². The number of carbonyl (C=O) groups excluding carboxylic acids is 1. The van der Waals surface area contributed by atoms with Gasteiger partial charge in [0.05, 0.1) is 13.0 Å². The predicted molar refractivity (Wildman–Crippen MR) is 73.3 cm³/mol. The Labute approximate surface area is 110 Å². The van der Waals surface area contributed by atoms with Gasteiger partial charge < -0.3 is 4.74 Å². The molecule has 0 aliphatic carbocycles. The third-order valence-electron chi connectivity index (χ3n) is 3.51. The standard InChI is InChI=1S/C15H23NO2/c1-11-7-6-8-14(9-11)10-16(4)13(3)12(2)15(17)18-5/h6-9,12-13H,10H2,1-5H3. The molecule has 2 unspecified atom stereocenters. The van der Waals surface area contributed by atoms with E-state index >= 15 is 0 Å². The maximum Gasteiger partial charge on any atom is 0.309 e. The van der Waals surface area contributed by atoms with E-state index in [1.54, 1.807) is 0 Å². The Bertz CT molecular complexity index is 403. The number of esters is 1. The van der Waals surface area contributed by atoms with Gasteiger partial charge in [0.1, 0.15) is 0 Å². The van der Waals surface area contributed by atoms with E-state index in [1.807, 2.05) is 14.0 Å². The van der Waals surface area contributed by atoms with E-state index in [0.717, 1.165) is 6.54 Å². The van der Waals surface area contributed by atoms with Gasteiger partial charge in [-0.2, -0.15) is 0 Å². The molecule has 2 atom stereocenters. The van der Waals surface area contributed by atoms with Crippen molar-refractivity contribution in [1.29, 1.82) is 0 Å². The Balaban J connectivity index is 2.65. The Hall–Kier alpha value is -1.35. The molecule has 18 heavy (non-hydrogen) atoms. The minimum atomic E-state index is -0.154. The van der Waals surface area contributed by atoms with Gasteiger partial charge >= 0.3 is 5.97 Å². The van der Waals surface area contributed by atoms with Crippen LogP contribution in [0.1, 0.15) is 25.0 Å². The minimum Gasteiger partial charge on any atom is -0.469 e. The average molecular weight is 249 g/mol. The van der Waals surface area contributed by atoms with Crippen LogP contribution in [0.5, 0.6) is 0 Å². The number of nitrogens with zero attached hydrogens (tertiary/aromatic N) is 1. The third kappa shape index (κ3) is 3.84. The first-order chi connectivity index (χ1) is 8.45. The summed E-state index contributed by atoms with van der Waals surface area (Å²) in [6.45, 7) is 6.88. The van der Waals surface area contributed by atoms with Gasteiger partial charge in [0.15, 0.2) is 0 Å². The van der Waals surface area contributed by atoms with Crippen molar-refractivity contribution < 1.29 is 9.53 Å². The van der Waals surface area contributed by atoms with Crippen LogP contribution in [0.4, 0.5) is 0 Å². The summed E-state index contributed by atoms with van der Waals surface area (Å²) >= 11 is 0. The lowest BCUT2D eigenvalue weighted by atomic mass is 10.0. The topological polar surface area (TPSA) is 29.5 Å². The molecule has 0 bridgehead atoms. The summed E-state index contributed by atoms with van der Waals surface area (Å²) in [6, 6.07) is 8.58. The van der Waals surface area contributed by atoms with Gasteiger partial charge in [-0.1, -0.05) is 36.8 Å². The highest BCUT2D eigenvalue weighted by atomic mass is 16.5. The van der Waals surface area contributed by atoms with E-state index < -0.39 is 0 Å². The summed E-state index contributed by atoms with van der Waals surface area (Å²) < 4.78 is 4.79. The molecule has 0 aliphatic rings. The maximum absolute atomic E-state index is 11.5. The van der Waals surface area contributed by atoms with E-state index in [4.69, 9.17) is 4.74 Å². The van der Waals surface area contributed by atoms with Crippen LogP contribution < -0.4 is 0 Å². The Morgan fingerprint density at radius 3 is 2.61 bits per heavy atom. The zero-order valence-corrected chi connectivity index (χ0v) is 11.9. The van der Waals surface area contributed by atoms with Gasteiger partial charge in [0.2, 0.25) is 0 Å². The summed E-state index contributed by atoms with van der Waals surface area (Å²) in [5.74, 6) is -0.275. The van der Waals surface area contributed by atoms with E-state index in [-0.39, 0.29) is 17.9 Å². The molecule has 1 aromatic rings. The molecule has 0 radical (unpaired) electrons. The molecule has 0 N–H and O–H groups in total. The van der Waals surface area contributed by atoms with Crippen molar-refractivity contribution in [2.75, 3.05) is 14.2 Å². The van der Waals surface area contributed by atoms with Crippen molar-refractivity contribution in [2.24, 2.45) is 5.92 Å². The molecule has 100 valence electrons. The highest BCUT2D eigenvalue weighted by Crippen LogP contribution is 2.14. The van der Waals surface area contributed by atoms with E-state index in [0.29, 0.717) is 0 Å². The van der Waals surface area contributed by atoms with Crippen LogP contribution in [0.3, 0.4) is 0 Å². The molecule has 0 saturated carbocycles. The van der Waals surface area contributed by atoms with E-state index in [9.17, 15) is 4.79 Å². The van der Waals surface area contributed by atoms with Gasteiger partial charge in [-0.15, -0.1) is 0 Å². The minimum absolute atomic E-state index is 0.121. The van der Waals surface area contributed by atoms with Crippen molar-refractivity contribution in [2.45, 2.75) is 33.4 Å². The molecule has 0 fully saturated rings. The summed E-state index contributed by atoms with van der Waals surface area (Å²) in [7, 11) is 3.47. The highest BCUT2D eigenvalue weighted by Gasteiger charge is 2.24. The number of methoxy groups -OCH3 is 1. The lowest BCUT2D eigenvalue weighted by molar-refractivity contribution is -0.146. The molecule has 1 rings (SSSR count). The fraction of sp³-hybridized carbons (Fsp3) is 0.533. The first-order valence-electron chi connectivity index (χ1n) is 6.29. The van der Waals surface area contributed by atoms with Crippen LogP contribution in [-0.2, 0) is 16.1 Å². The number of ether oxygens (including phenoxy) is 1.